The van der Waals surface area contributed by atoms with Gasteiger partial charge in [-0.25, -0.2) is 0 Å². The summed E-state index contributed by atoms with van der Waals surface area (Å²) in [6, 6.07) is 0. The summed E-state index contributed by atoms with van der Waals surface area (Å²) in [6.45, 7) is 2.24. The second kappa shape index (κ2) is 9.56. The molecule has 0 aromatic rings. The van der Waals surface area contributed by atoms with Crippen LogP contribution in [0.1, 0.15) is 58.3 Å². The monoisotopic (exact) mass is 151 g/mol. The molecule has 0 aliphatic carbocycles. The lowest BCUT2D eigenvalue weighted by atomic mass is 10.1. The van der Waals surface area contributed by atoms with E-state index in [-0.39, 0.29) is 0 Å². The van der Waals surface area contributed by atoms with Gasteiger partial charge in [0.1, 0.15) is 0 Å². The van der Waals surface area contributed by atoms with E-state index in [0.717, 1.165) is 12.8 Å². The highest BCUT2D eigenvalue weighted by molar-refractivity contribution is 4.74. The minimum atomic E-state index is 0.855. The zero-order chi connectivity index (χ0) is 8.36. The molecule has 0 rings (SSSR count). The Labute approximate surface area is 71.4 Å². The first-order chi connectivity index (χ1) is 5.41. The molecule has 0 nitrogen and oxygen atoms in total. The van der Waals surface area contributed by atoms with Gasteiger partial charge in [0.2, 0.25) is 0 Å². The van der Waals surface area contributed by atoms with E-state index in [2.05, 4.69) is 12.8 Å². The minimum absolute atomic E-state index is 0.855. The van der Waals surface area contributed by atoms with Gasteiger partial charge in [-0.05, 0) is 12.8 Å². The van der Waals surface area contributed by atoms with Gasteiger partial charge in [0.15, 0.2) is 0 Å². The van der Waals surface area contributed by atoms with Crippen LogP contribution in [0.3, 0.4) is 0 Å². The molecule has 0 atom stereocenters. The Morgan fingerprint density at radius 3 is 2.00 bits per heavy atom. The van der Waals surface area contributed by atoms with Crippen molar-refractivity contribution in [1.82, 2.24) is 0 Å². The standard InChI is InChI=1S/C11H19/c1-3-5-7-9-11-10-8-6-4-2/h3,5-11H2,1H3. The van der Waals surface area contributed by atoms with Crippen LogP contribution in [0.25, 0.3) is 0 Å². The number of rotatable bonds is 7. The van der Waals surface area contributed by atoms with Crippen LogP contribution >= 0.6 is 0 Å². The van der Waals surface area contributed by atoms with E-state index in [1.807, 2.05) is 0 Å². The van der Waals surface area contributed by atoms with Crippen molar-refractivity contribution in [1.29, 1.82) is 0 Å². The van der Waals surface area contributed by atoms with Gasteiger partial charge in [0, 0.05) is 6.42 Å². The minimum Gasteiger partial charge on any atom is -0.0891 e. The fourth-order valence-electron chi connectivity index (χ4n) is 1.17. The van der Waals surface area contributed by atoms with Crippen LogP contribution in [-0.4, -0.2) is 0 Å². The first kappa shape index (κ1) is 10.6. The van der Waals surface area contributed by atoms with E-state index in [4.69, 9.17) is 6.42 Å². The third-order valence-electron chi connectivity index (χ3n) is 1.91. The maximum absolute atomic E-state index is 6.70. The Morgan fingerprint density at radius 2 is 1.45 bits per heavy atom. The van der Waals surface area contributed by atoms with E-state index in [9.17, 15) is 0 Å². The van der Waals surface area contributed by atoms with Gasteiger partial charge in [-0.3, -0.25) is 0 Å². The summed E-state index contributed by atoms with van der Waals surface area (Å²) in [4.78, 5) is 0. The van der Waals surface area contributed by atoms with E-state index < -0.39 is 0 Å². The molecule has 11 heavy (non-hydrogen) atoms. The fraction of sp³-hybridized carbons (Fsp3) is 0.818. The summed E-state index contributed by atoms with van der Waals surface area (Å²) in [5, 5.41) is 0. The van der Waals surface area contributed by atoms with Crippen molar-refractivity contribution in [3.05, 3.63) is 6.42 Å². The number of hydrogen-bond donors (Lipinski definition) is 0. The maximum Gasteiger partial charge on any atom is 0.00989 e. The molecule has 0 bridgehead atoms. The quantitative estimate of drug-likeness (QED) is 0.384. The van der Waals surface area contributed by atoms with Crippen molar-refractivity contribution < 1.29 is 0 Å². The molecule has 0 heteroatoms. The van der Waals surface area contributed by atoms with Crippen LogP contribution in [0.15, 0.2) is 0 Å². The summed E-state index contributed by atoms with van der Waals surface area (Å²) in [7, 11) is 0. The highest BCUT2D eigenvalue weighted by Gasteiger charge is 1.88. The molecule has 63 valence electrons. The Bertz CT molecular complexity index is 97.1. The van der Waals surface area contributed by atoms with E-state index in [1.54, 1.807) is 0 Å². The highest BCUT2D eigenvalue weighted by Crippen LogP contribution is 2.07. The molecular formula is C11H19. The Morgan fingerprint density at radius 1 is 0.909 bits per heavy atom. The molecule has 0 unspecified atom stereocenters. The fourth-order valence-corrected chi connectivity index (χ4v) is 1.17. The van der Waals surface area contributed by atoms with Gasteiger partial charge in [-0.2, -0.15) is 0 Å². The lowest BCUT2D eigenvalue weighted by Crippen LogP contribution is -1.78. The van der Waals surface area contributed by atoms with Gasteiger partial charge in [-0.1, -0.05) is 51.4 Å². The average molecular weight is 151 g/mol. The van der Waals surface area contributed by atoms with Crippen molar-refractivity contribution >= 4 is 0 Å². The number of unbranched alkanes of at least 4 members (excludes halogenated alkanes) is 7. The highest BCUT2D eigenvalue weighted by atomic mass is 13.9. The van der Waals surface area contributed by atoms with Crippen molar-refractivity contribution in [2.75, 3.05) is 0 Å². The van der Waals surface area contributed by atoms with E-state index in [0.29, 0.717) is 0 Å². The molecule has 0 aliphatic heterocycles. The topological polar surface area (TPSA) is 0 Å². The molecule has 0 N–H and O–H groups in total. The number of hydrogen-bond acceptors (Lipinski definition) is 0. The summed E-state index contributed by atoms with van der Waals surface area (Å²) in [6.07, 6.45) is 16.8. The van der Waals surface area contributed by atoms with Gasteiger partial charge in [0.05, 0.1) is 0 Å². The Hall–Kier alpha value is -0.440. The van der Waals surface area contributed by atoms with Crippen molar-refractivity contribution in [3.8, 4) is 5.92 Å². The predicted octanol–water partition coefficient (Wildman–Crippen LogP) is 3.72. The summed E-state index contributed by atoms with van der Waals surface area (Å²) < 4.78 is 0. The van der Waals surface area contributed by atoms with Gasteiger partial charge in [0.25, 0.3) is 0 Å². The molecule has 0 heterocycles. The van der Waals surface area contributed by atoms with Crippen LogP contribution in [0.4, 0.5) is 0 Å². The van der Waals surface area contributed by atoms with Gasteiger partial charge >= 0.3 is 0 Å². The summed E-state index contributed by atoms with van der Waals surface area (Å²) >= 11 is 0. The molecule has 1 radical (unpaired) electrons. The van der Waals surface area contributed by atoms with E-state index in [1.165, 1.54) is 38.5 Å². The van der Waals surface area contributed by atoms with Gasteiger partial charge in [-0.15, -0.1) is 0 Å². The van der Waals surface area contributed by atoms with Crippen LogP contribution in [0.5, 0.6) is 0 Å². The van der Waals surface area contributed by atoms with Crippen LogP contribution < -0.4 is 0 Å². The second-order valence-corrected chi connectivity index (χ2v) is 3.05. The first-order valence-electron chi connectivity index (χ1n) is 4.81. The molecule has 0 aliphatic rings. The molecule has 0 aromatic carbocycles. The lowest BCUT2D eigenvalue weighted by molar-refractivity contribution is 0.594. The first-order valence-corrected chi connectivity index (χ1v) is 4.81. The van der Waals surface area contributed by atoms with Crippen molar-refractivity contribution in [2.24, 2.45) is 0 Å². The molecule has 0 amide bonds. The Kier molecular flexibility index (Phi) is 9.18. The molecular weight excluding hydrogens is 132 g/mol. The third kappa shape index (κ3) is 9.56. The lowest BCUT2D eigenvalue weighted by Gasteiger charge is -1.97. The Balaban J connectivity index is 2.75. The zero-order valence-electron chi connectivity index (χ0n) is 7.66. The van der Waals surface area contributed by atoms with Crippen LogP contribution in [0, 0.1) is 12.3 Å². The average Bonchev–Trinajstić information content (AvgIpc) is 2.03. The predicted molar refractivity (Wildman–Crippen MR) is 49.7 cm³/mol. The molecule has 0 saturated carbocycles. The maximum atomic E-state index is 6.70. The van der Waals surface area contributed by atoms with E-state index >= 15 is 0 Å². The molecule has 0 saturated heterocycles. The molecule has 0 spiro atoms. The molecule has 0 fully saturated rings. The summed E-state index contributed by atoms with van der Waals surface area (Å²) in [5.41, 5.74) is 0. The summed E-state index contributed by atoms with van der Waals surface area (Å²) in [5.74, 6) is 2.42. The normalized spacial score (nSPS) is 9.45. The van der Waals surface area contributed by atoms with Crippen molar-refractivity contribution in [2.45, 2.75) is 58.3 Å². The van der Waals surface area contributed by atoms with Crippen molar-refractivity contribution in [3.63, 3.8) is 0 Å². The smallest absolute Gasteiger partial charge is 0.00989 e. The third-order valence-corrected chi connectivity index (χ3v) is 1.91. The molecule has 0 aromatic heterocycles. The second-order valence-electron chi connectivity index (χ2n) is 3.05. The zero-order valence-corrected chi connectivity index (χ0v) is 7.66. The van der Waals surface area contributed by atoms with Crippen LogP contribution in [0.2, 0.25) is 0 Å². The largest absolute Gasteiger partial charge is 0.0891 e. The van der Waals surface area contributed by atoms with Gasteiger partial charge < -0.3 is 0 Å². The SMILES string of the molecule is [C]#CCCCCCCCCC. The van der Waals surface area contributed by atoms with Crippen LogP contribution in [-0.2, 0) is 0 Å².